The van der Waals surface area contributed by atoms with Crippen molar-refractivity contribution in [1.82, 2.24) is 0 Å². The minimum absolute atomic E-state index is 0.110. The molecule has 1 aliphatic rings. The van der Waals surface area contributed by atoms with Crippen molar-refractivity contribution in [2.75, 3.05) is 24.7 Å². The summed E-state index contributed by atoms with van der Waals surface area (Å²) in [7, 11) is 0. The van der Waals surface area contributed by atoms with Gasteiger partial charge in [0.15, 0.2) is 0 Å². The highest BCUT2D eigenvalue weighted by Gasteiger charge is 2.28. The summed E-state index contributed by atoms with van der Waals surface area (Å²) in [6.45, 7) is 8.46. The van der Waals surface area contributed by atoms with Gasteiger partial charge in [0.2, 0.25) is 0 Å². The zero-order valence-electron chi connectivity index (χ0n) is 21.8. The van der Waals surface area contributed by atoms with Gasteiger partial charge in [-0.15, -0.1) is 6.58 Å². The summed E-state index contributed by atoms with van der Waals surface area (Å²) in [6.07, 6.45) is 9.19. The number of anilines is 2. The Kier molecular flexibility index (Phi) is 9.92. The molecule has 1 fully saturated rings. The van der Waals surface area contributed by atoms with Gasteiger partial charge in [-0.2, -0.15) is 0 Å². The maximum absolute atomic E-state index is 12.6. The van der Waals surface area contributed by atoms with Crippen LogP contribution in [0.5, 0.6) is 5.75 Å². The molecule has 7 heteroatoms. The Labute approximate surface area is 219 Å². The number of nitrogen functional groups attached to an aromatic ring is 2. The van der Waals surface area contributed by atoms with Gasteiger partial charge < -0.3 is 25.7 Å². The average Bonchev–Trinajstić information content (AvgIpc) is 2.87. The molecule has 0 spiro atoms. The van der Waals surface area contributed by atoms with Gasteiger partial charge in [0.1, 0.15) is 12.4 Å². The first-order valence-corrected chi connectivity index (χ1v) is 12.7. The first-order valence-electron chi connectivity index (χ1n) is 12.7. The molecule has 4 N–H and O–H groups in total. The Morgan fingerprint density at radius 3 is 2.41 bits per heavy atom. The summed E-state index contributed by atoms with van der Waals surface area (Å²) >= 11 is 0. The summed E-state index contributed by atoms with van der Waals surface area (Å²) in [6, 6.07) is 12.4. The number of benzene rings is 2. The molecule has 1 saturated carbocycles. The minimum Gasteiger partial charge on any atom is -0.462 e. The number of ether oxygens (including phenoxy) is 3. The van der Waals surface area contributed by atoms with Crippen LogP contribution < -0.4 is 16.2 Å². The lowest BCUT2D eigenvalue weighted by atomic mass is 9.84. The summed E-state index contributed by atoms with van der Waals surface area (Å²) < 4.78 is 16.8. The number of esters is 2. The van der Waals surface area contributed by atoms with Gasteiger partial charge in [-0.1, -0.05) is 38.1 Å². The molecule has 2 aromatic rings. The number of carbonyl (C=O) groups excluding carboxylic acids is 2. The van der Waals surface area contributed by atoms with E-state index in [2.05, 4.69) is 6.58 Å². The third-order valence-electron chi connectivity index (χ3n) is 6.57. The van der Waals surface area contributed by atoms with E-state index in [-0.39, 0.29) is 24.6 Å². The molecule has 0 unspecified atom stereocenters. The number of hydrogen-bond acceptors (Lipinski definition) is 7. The van der Waals surface area contributed by atoms with Crippen molar-refractivity contribution < 1.29 is 23.8 Å². The van der Waals surface area contributed by atoms with Gasteiger partial charge in [0, 0.05) is 22.9 Å². The normalized spacial score (nSPS) is 17.9. The van der Waals surface area contributed by atoms with Gasteiger partial charge in [-0.25, -0.2) is 4.79 Å². The summed E-state index contributed by atoms with van der Waals surface area (Å²) in [5.41, 5.74) is 14.2. The Hall–Kier alpha value is -3.58. The predicted molar refractivity (Wildman–Crippen MR) is 147 cm³/mol. The number of carbonyl (C=O) groups is 2. The van der Waals surface area contributed by atoms with E-state index in [0.717, 1.165) is 43.2 Å². The van der Waals surface area contributed by atoms with Crippen molar-refractivity contribution in [3.8, 4) is 5.75 Å². The molecular formula is C30H38N2O5. The fourth-order valence-corrected chi connectivity index (χ4v) is 4.37. The van der Waals surface area contributed by atoms with E-state index in [1.807, 2.05) is 26.0 Å². The van der Waals surface area contributed by atoms with Crippen LogP contribution in [0.2, 0.25) is 0 Å². The molecule has 0 bridgehead atoms. The molecule has 37 heavy (non-hydrogen) atoms. The average molecular weight is 507 g/mol. The van der Waals surface area contributed by atoms with Gasteiger partial charge in [-0.3, -0.25) is 4.79 Å². The molecule has 0 aromatic heterocycles. The Morgan fingerprint density at radius 1 is 1.05 bits per heavy atom. The Bertz CT molecular complexity index is 1100. The van der Waals surface area contributed by atoms with Crippen LogP contribution >= 0.6 is 0 Å². The third-order valence-corrected chi connectivity index (χ3v) is 6.57. The lowest BCUT2D eigenvalue weighted by Gasteiger charge is -2.27. The predicted octanol–water partition coefficient (Wildman–Crippen LogP) is 5.44. The van der Waals surface area contributed by atoms with Crippen LogP contribution in [0.15, 0.2) is 61.2 Å². The second-order valence-electron chi connectivity index (χ2n) is 10.1. The maximum atomic E-state index is 12.6. The topological polar surface area (TPSA) is 114 Å². The van der Waals surface area contributed by atoms with Crippen LogP contribution in [-0.4, -0.2) is 31.3 Å². The monoisotopic (exact) mass is 506 g/mol. The van der Waals surface area contributed by atoms with Crippen LogP contribution in [0.25, 0.3) is 6.08 Å². The van der Waals surface area contributed by atoms with Crippen LogP contribution in [0, 0.1) is 5.92 Å². The standard InChI is InChI=1S/C30H38N2O5/c1-4-5-18-35-24-14-9-22(10-15-24)29(34)37-25-12-6-21(7-13-25)8-17-28(33)36-20-30(2,3)26-16-11-23(31)19-27(26)32/h4,6-8,11-13,16-17,19,22,24H,1,5,9-10,14-15,18,20,31-32H2,2-3H3. The molecule has 0 atom stereocenters. The fourth-order valence-electron chi connectivity index (χ4n) is 4.37. The fraction of sp³-hybridized carbons (Fsp3) is 0.400. The molecule has 198 valence electrons. The molecule has 0 amide bonds. The van der Waals surface area contributed by atoms with Crippen molar-refractivity contribution in [2.45, 2.75) is 57.5 Å². The Balaban J connectivity index is 1.44. The largest absolute Gasteiger partial charge is 0.462 e. The highest BCUT2D eigenvalue weighted by atomic mass is 16.5. The lowest BCUT2D eigenvalue weighted by molar-refractivity contribution is -0.141. The quantitative estimate of drug-likeness (QED) is 0.104. The smallest absolute Gasteiger partial charge is 0.330 e. The molecule has 2 aromatic carbocycles. The van der Waals surface area contributed by atoms with E-state index >= 15 is 0 Å². The van der Waals surface area contributed by atoms with Gasteiger partial charge in [-0.05, 0) is 73.6 Å². The van der Waals surface area contributed by atoms with Gasteiger partial charge in [0.05, 0.1) is 18.6 Å². The van der Waals surface area contributed by atoms with Gasteiger partial charge >= 0.3 is 11.9 Å². The van der Waals surface area contributed by atoms with E-state index in [0.29, 0.717) is 23.7 Å². The van der Waals surface area contributed by atoms with Crippen molar-refractivity contribution in [3.05, 3.63) is 72.3 Å². The number of nitrogens with two attached hydrogens (primary N) is 2. The first kappa shape index (κ1) is 28.0. The Morgan fingerprint density at radius 2 is 1.76 bits per heavy atom. The highest BCUT2D eigenvalue weighted by Crippen LogP contribution is 2.30. The molecule has 3 rings (SSSR count). The van der Waals surface area contributed by atoms with Crippen LogP contribution in [0.1, 0.15) is 57.1 Å². The molecule has 0 radical (unpaired) electrons. The van der Waals surface area contributed by atoms with Crippen molar-refractivity contribution >= 4 is 29.4 Å². The zero-order chi connectivity index (χ0) is 26.8. The number of rotatable bonds is 11. The number of hydrogen-bond donors (Lipinski definition) is 2. The van der Waals surface area contributed by atoms with Crippen molar-refractivity contribution in [3.63, 3.8) is 0 Å². The van der Waals surface area contributed by atoms with E-state index in [1.165, 1.54) is 6.08 Å². The highest BCUT2D eigenvalue weighted by molar-refractivity contribution is 5.87. The molecule has 7 nitrogen and oxygen atoms in total. The van der Waals surface area contributed by atoms with E-state index < -0.39 is 11.4 Å². The van der Waals surface area contributed by atoms with E-state index in [4.69, 9.17) is 25.7 Å². The zero-order valence-corrected chi connectivity index (χ0v) is 21.8. The lowest BCUT2D eigenvalue weighted by Crippen LogP contribution is -2.29. The van der Waals surface area contributed by atoms with Crippen molar-refractivity contribution in [2.24, 2.45) is 5.92 Å². The SMILES string of the molecule is C=CCCOC1CCC(C(=O)Oc2ccc(C=CC(=O)OCC(C)(C)c3ccc(N)cc3N)cc2)CC1. The van der Waals surface area contributed by atoms with Crippen LogP contribution in [0.4, 0.5) is 11.4 Å². The third kappa shape index (κ3) is 8.50. The summed E-state index contributed by atoms with van der Waals surface area (Å²) in [5, 5.41) is 0. The molecular weight excluding hydrogens is 468 g/mol. The molecule has 0 saturated heterocycles. The van der Waals surface area contributed by atoms with Gasteiger partial charge in [0.25, 0.3) is 0 Å². The maximum Gasteiger partial charge on any atom is 0.330 e. The summed E-state index contributed by atoms with van der Waals surface area (Å²) in [5.74, 6) is -0.291. The second kappa shape index (κ2) is 13.1. The first-order chi connectivity index (χ1) is 17.7. The molecule has 0 heterocycles. The molecule has 1 aliphatic carbocycles. The summed E-state index contributed by atoms with van der Waals surface area (Å²) in [4.78, 5) is 24.8. The van der Waals surface area contributed by atoms with Crippen molar-refractivity contribution in [1.29, 1.82) is 0 Å². The second-order valence-corrected chi connectivity index (χ2v) is 10.1. The minimum atomic E-state index is -0.468. The van der Waals surface area contributed by atoms with E-state index in [1.54, 1.807) is 42.5 Å². The molecule has 0 aliphatic heterocycles. The van der Waals surface area contributed by atoms with Crippen LogP contribution in [-0.2, 0) is 24.5 Å². The van der Waals surface area contributed by atoms with E-state index in [9.17, 15) is 9.59 Å². The van der Waals surface area contributed by atoms with Crippen LogP contribution in [0.3, 0.4) is 0 Å².